The van der Waals surface area contributed by atoms with E-state index in [1.54, 1.807) is 0 Å². The van der Waals surface area contributed by atoms with Crippen molar-refractivity contribution in [1.29, 1.82) is 0 Å². The Hall–Kier alpha value is -0.570. The average Bonchev–Trinajstić information content (AvgIpc) is 2.38. The molecule has 1 fully saturated rings. The van der Waals surface area contributed by atoms with E-state index < -0.39 is 0 Å². The molecular weight excluding hydrogens is 214 g/mol. The van der Waals surface area contributed by atoms with Gasteiger partial charge in [0.1, 0.15) is 0 Å². The lowest BCUT2D eigenvalue weighted by Crippen LogP contribution is -2.35. The number of hydrogen-bond acceptors (Lipinski definition) is 3. The van der Waals surface area contributed by atoms with Gasteiger partial charge in [-0.25, -0.2) is 0 Å². The Morgan fingerprint density at radius 2 is 2.00 bits per heavy atom. The largest absolute Gasteiger partial charge is 0.465 e. The SMILES string of the molecule is CCCCCCCCOC(=O)[C@@H]1CCCNC1. The molecule has 0 unspecified atom stereocenters. The highest BCUT2D eigenvalue weighted by Crippen LogP contribution is 2.12. The van der Waals surface area contributed by atoms with Gasteiger partial charge in [-0.05, 0) is 25.8 Å². The lowest BCUT2D eigenvalue weighted by molar-refractivity contribution is -0.149. The van der Waals surface area contributed by atoms with E-state index >= 15 is 0 Å². The van der Waals surface area contributed by atoms with Gasteiger partial charge >= 0.3 is 5.97 Å². The summed E-state index contributed by atoms with van der Waals surface area (Å²) in [6, 6.07) is 0. The zero-order valence-corrected chi connectivity index (χ0v) is 11.2. The molecule has 1 N–H and O–H groups in total. The Kier molecular flexibility index (Phi) is 8.06. The maximum Gasteiger partial charge on any atom is 0.310 e. The fourth-order valence-electron chi connectivity index (χ4n) is 2.23. The summed E-state index contributed by atoms with van der Waals surface area (Å²) in [6.07, 6.45) is 9.50. The third-order valence-electron chi connectivity index (χ3n) is 3.37. The Labute approximate surface area is 105 Å². The van der Waals surface area contributed by atoms with E-state index in [1.165, 1.54) is 32.1 Å². The topological polar surface area (TPSA) is 38.3 Å². The first-order valence-corrected chi connectivity index (χ1v) is 7.22. The van der Waals surface area contributed by atoms with Crippen molar-refractivity contribution < 1.29 is 9.53 Å². The van der Waals surface area contributed by atoms with Crippen LogP contribution < -0.4 is 5.32 Å². The van der Waals surface area contributed by atoms with Crippen molar-refractivity contribution in [3.8, 4) is 0 Å². The van der Waals surface area contributed by atoms with Gasteiger partial charge in [0.2, 0.25) is 0 Å². The van der Waals surface area contributed by atoms with Gasteiger partial charge in [0.05, 0.1) is 12.5 Å². The van der Waals surface area contributed by atoms with Crippen LogP contribution in [0, 0.1) is 5.92 Å². The highest BCUT2D eigenvalue weighted by atomic mass is 16.5. The maximum absolute atomic E-state index is 11.7. The van der Waals surface area contributed by atoms with E-state index in [1.807, 2.05) is 0 Å². The standard InChI is InChI=1S/C14H27NO2/c1-2-3-4-5-6-7-11-17-14(16)13-9-8-10-15-12-13/h13,15H,2-12H2,1H3/t13-/m1/s1. The second kappa shape index (κ2) is 9.46. The lowest BCUT2D eigenvalue weighted by atomic mass is 10.0. The smallest absolute Gasteiger partial charge is 0.310 e. The van der Waals surface area contributed by atoms with E-state index in [0.717, 1.165) is 32.4 Å². The van der Waals surface area contributed by atoms with Crippen LogP contribution in [0.5, 0.6) is 0 Å². The molecule has 0 bridgehead atoms. The minimum atomic E-state index is 0.00533. The molecule has 0 aromatic carbocycles. The van der Waals surface area contributed by atoms with Gasteiger partial charge in [-0.1, -0.05) is 39.0 Å². The molecule has 0 saturated carbocycles. The average molecular weight is 241 g/mol. The summed E-state index contributed by atoms with van der Waals surface area (Å²) in [7, 11) is 0. The van der Waals surface area contributed by atoms with Crippen molar-refractivity contribution in [2.24, 2.45) is 5.92 Å². The Morgan fingerprint density at radius 1 is 1.24 bits per heavy atom. The van der Waals surface area contributed by atoms with Crippen LogP contribution >= 0.6 is 0 Å². The summed E-state index contributed by atoms with van der Waals surface area (Å²) in [5.41, 5.74) is 0. The molecule has 0 aromatic heterocycles. The van der Waals surface area contributed by atoms with Crippen LogP contribution in [0.3, 0.4) is 0 Å². The van der Waals surface area contributed by atoms with Crippen molar-refractivity contribution >= 4 is 5.97 Å². The number of hydrogen-bond donors (Lipinski definition) is 1. The fourth-order valence-corrected chi connectivity index (χ4v) is 2.23. The second-order valence-electron chi connectivity index (χ2n) is 4.98. The summed E-state index contributed by atoms with van der Waals surface area (Å²) in [6.45, 7) is 4.68. The van der Waals surface area contributed by atoms with Gasteiger partial charge in [-0.15, -0.1) is 0 Å². The van der Waals surface area contributed by atoms with Crippen LogP contribution in [0.15, 0.2) is 0 Å². The summed E-state index contributed by atoms with van der Waals surface area (Å²) in [5, 5.41) is 3.24. The van der Waals surface area contributed by atoms with Crippen LogP contribution in [0.1, 0.15) is 58.3 Å². The van der Waals surface area contributed by atoms with E-state index in [-0.39, 0.29) is 11.9 Å². The zero-order valence-electron chi connectivity index (χ0n) is 11.2. The number of ether oxygens (including phenoxy) is 1. The minimum Gasteiger partial charge on any atom is -0.465 e. The van der Waals surface area contributed by atoms with E-state index in [2.05, 4.69) is 12.2 Å². The van der Waals surface area contributed by atoms with Crippen molar-refractivity contribution in [2.75, 3.05) is 19.7 Å². The Balaban J connectivity index is 1.92. The first-order chi connectivity index (χ1) is 8.34. The number of nitrogens with one attached hydrogen (secondary N) is 1. The van der Waals surface area contributed by atoms with Crippen LogP contribution in [-0.4, -0.2) is 25.7 Å². The molecule has 1 rings (SSSR count). The molecule has 0 aliphatic carbocycles. The molecule has 1 aliphatic heterocycles. The molecule has 1 aliphatic rings. The fraction of sp³-hybridized carbons (Fsp3) is 0.929. The monoisotopic (exact) mass is 241 g/mol. The number of carbonyl (C=O) groups excluding carboxylic acids is 1. The van der Waals surface area contributed by atoms with Crippen LogP contribution in [0.25, 0.3) is 0 Å². The Morgan fingerprint density at radius 3 is 2.71 bits per heavy atom. The molecule has 3 nitrogen and oxygen atoms in total. The minimum absolute atomic E-state index is 0.00533. The predicted molar refractivity (Wildman–Crippen MR) is 69.9 cm³/mol. The van der Waals surface area contributed by atoms with Gasteiger partial charge in [-0.2, -0.15) is 0 Å². The van der Waals surface area contributed by atoms with Gasteiger partial charge in [-0.3, -0.25) is 4.79 Å². The lowest BCUT2D eigenvalue weighted by Gasteiger charge is -2.21. The molecule has 0 aromatic rings. The molecule has 0 spiro atoms. The molecule has 1 heterocycles. The molecule has 100 valence electrons. The predicted octanol–water partition coefficient (Wildman–Crippen LogP) is 2.89. The summed E-state index contributed by atoms with van der Waals surface area (Å²) in [4.78, 5) is 11.7. The first kappa shape index (κ1) is 14.5. The molecule has 17 heavy (non-hydrogen) atoms. The van der Waals surface area contributed by atoms with E-state index in [4.69, 9.17) is 4.74 Å². The van der Waals surface area contributed by atoms with Crippen LogP contribution in [-0.2, 0) is 9.53 Å². The molecule has 3 heteroatoms. The van der Waals surface area contributed by atoms with Gasteiger partial charge < -0.3 is 10.1 Å². The number of piperidine rings is 1. The zero-order chi connectivity index (χ0) is 12.3. The van der Waals surface area contributed by atoms with Crippen LogP contribution in [0.2, 0.25) is 0 Å². The van der Waals surface area contributed by atoms with E-state index in [9.17, 15) is 4.79 Å². The molecular formula is C14H27NO2. The molecule has 1 saturated heterocycles. The van der Waals surface area contributed by atoms with Crippen molar-refractivity contribution in [2.45, 2.75) is 58.3 Å². The van der Waals surface area contributed by atoms with Crippen molar-refractivity contribution in [3.63, 3.8) is 0 Å². The highest BCUT2D eigenvalue weighted by molar-refractivity contribution is 5.72. The molecule has 1 atom stereocenters. The first-order valence-electron chi connectivity index (χ1n) is 7.22. The third-order valence-corrected chi connectivity index (χ3v) is 3.37. The third kappa shape index (κ3) is 6.67. The number of unbranched alkanes of at least 4 members (excludes halogenated alkanes) is 5. The maximum atomic E-state index is 11.7. The highest BCUT2D eigenvalue weighted by Gasteiger charge is 2.21. The van der Waals surface area contributed by atoms with E-state index in [0.29, 0.717) is 6.61 Å². The molecule has 0 radical (unpaired) electrons. The van der Waals surface area contributed by atoms with Gasteiger partial charge in [0, 0.05) is 6.54 Å². The number of carbonyl (C=O) groups is 1. The number of esters is 1. The Bertz CT molecular complexity index is 200. The van der Waals surface area contributed by atoms with Crippen molar-refractivity contribution in [1.82, 2.24) is 5.32 Å². The van der Waals surface area contributed by atoms with Gasteiger partial charge in [0.15, 0.2) is 0 Å². The summed E-state index contributed by atoms with van der Waals surface area (Å²) < 4.78 is 5.31. The van der Waals surface area contributed by atoms with Gasteiger partial charge in [0.25, 0.3) is 0 Å². The summed E-state index contributed by atoms with van der Waals surface area (Å²) in [5.74, 6) is 0.106. The number of rotatable bonds is 8. The van der Waals surface area contributed by atoms with Crippen molar-refractivity contribution in [3.05, 3.63) is 0 Å². The quantitative estimate of drug-likeness (QED) is 0.524. The summed E-state index contributed by atoms with van der Waals surface area (Å²) >= 11 is 0. The normalized spacial score (nSPS) is 20.2. The molecule has 0 amide bonds. The van der Waals surface area contributed by atoms with Crippen LogP contribution in [0.4, 0.5) is 0 Å². The second-order valence-corrected chi connectivity index (χ2v) is 4.98.